The summed E-state index contributed by atoms with van der Waals surface area (Å²) in [5.41, 5.74) is 1.11. The molecule has 94 valence electrons. The first kappa shape index (κ1) is 12.2. The van der Waals surface area contributed by atoms with E-state index in [9.17, 15) is 9.90 Å². The molecule has 2 rings (SSSR count). The summed E-state index contributed by atoms with van der Waals surface area (Å²) >= 11 is 0. The molecule has 1 amide bonds. The molecule has 1 aliphatic rings. The van der Waals surface area contributed by atoms with Crippen molar-refractivity contribution in [2.75, 3.05) is 13.1 Å². The predicted molar refractivity (Wildman–Crippen MR) is 65.9 cm³/mol. The molecular formula is C13H20N2O2. The van der Waals surface area contributed by atoms with Gasteiger partial charge in [-0.1, -0.05) is 13.3 Å². The van der Waals surface area contributed by atoms with Crippen molar-refractivity contribution < 1.29 is 9.90 Å². The maximum Gasteiger partial charge on any atom is 0.270 e. The Labute approximate surface area is 102 Å². The van der Waals surface area contributed by atoms with Crippen molar-refractivity contribution in [3.8, 4) is 0 Å². The summed E-state index contributed by atoms with van der Waals surface area (Å²) in [4.78, 5) is 13.9. The fourth-order valence-electron chi connectivity index (χ4n) is 2.42. The van der Waals surface area contributed by atoms with Gasteiger partial charge in [-0.2, -0.15) is 0 Å². The van der Waals surface area contributed by atoms with Crippen molar-refractivity contribution in [2.45, 2.75) is 32.3 Å². The molecule has 17 heavy (non-hydrogen) atoms. The van der Waals surface area contributed by atoms with E-state index in [0.29, 0.717) is 18.8 Å². The lowest BCUT2D eigenvalue weighted by molar-refractivity contribution is -0.0862. The lowest BCUT2D eigenvalue weighted by Crippen LogP contribution is -2.63. The number of aromatic nitrogens is 1. The average molecular weight is 236 g/mol. The lowest BCUT2D eigenvalue weighted by atomic mass is 9.89. The minimum Gasteiger partial charge on any atom is -0.386 e. The number of aryl methyl sites for hydroxylation is 1. The molecule has 0 spiro atoms. The quantitative estimate of drug-likeness (QED) is 0.860. The Bertz CT molecular complexity index is 431. The van der Waals surface area contributed by atoms with Crippen LogP contribution in [0.4, 0.5) is 0 Å². The van der Waals surface area contributed by atoms with Crippen LogP contribution in [0.2, 0.25) is 0 Å². The molecule has 1 aromatic rings. The van der Waals surface area contributed by atoms with Crippen LogP contribution in [-0.2, 0) is 7.05 Å². The molecule has 0 saturated carbocycles. The van der Waals surface area contributed by atoms with Crippen molar-refractivity contribution in [2.24, 2.45) is 7.05 Å². The Balaban J connectivity index is 2.03. The van der Waals surface area contributed by atoms with Crippen LogP contribution in [0, 0.1) is 6.92 Å². The summed E-state index contributed by atoms with van der Waals surface area (Å²) in [6, 6.07) is 3.78. The molecule has 2 heterocycles. The molecule has 0 atom stereocenters. The van der Waals surface area contributed by atoms with Crippen molar-refractivity contribution in [1.82, 2.24) is 9.47 Å². The van der Waals surface area contributed by atoms with Crippen LogP contribution in [0.3, 0.4) is 0 Å². The van der Waals surface area contributed by atoms with Crippen LogP contribution in [0.25, 0.3) is 0 Å². The second-order valence-corrected chi connectivity index (χ2v) is 5.05. The van der Waals surface area contributed by atoms with Gasteiger partial charge in [0.25, 0.3) is 5.91 Å². The van der Waals surface area contributed by atoms with Crippen molar-refractivity contribution in [3.05, 3.63) is 23.5 Å². The number of amides is 1. The Morgan fingerprint density at radius 3 is 2.59 bits per heavy atom. The van der Waals surface area contributed by atoms with Crippen LogP contribution < -0.4 is 0 Å². The van der Waals surface area contributed by atoms with Gasteiger partial charge in [0, 0.05) is 12.7 Å². The van der Waals surface area contributed by atoms with E-state index in [1.165, 1.54) is 0 Å². The third-order valence-electron chi connectivity index (χ3n) is 3.56. The molecule has 0 bridgehead atoms. The summed E-state index contributed by atoms with van der Waals surface area (Å²) in [6.07, 6.45) is 1.71. The van der Waals surface area contributed by atoms with Gasteiger partial charge in [0.15, 0.2) is 0 Å². The molecule has 1 aromatic heterocycles. The van der Waals surface area contributed by atoms with Crippen LogP contribution >= 0.6 is 0 Å². The number of rotatable bonds is 3. The number of carbonyl (C=O) groups is 1. The summed E-state index contributed by atoms with van der Waals surface area (Å²) in [7, 11) is 1.89. The number of nitrogens with zero attached hydrogens (tertiary/aromatic N) is 2. The van der Waals surface area contributed by atoms with Gasteiger partial charge in [0.05, 0.1) is 18.7 Å². The van der Waals surface area contributed by atoms with E-state index < -0.39 is 5.60 Å². The van der Waals surface area contributed by atoms with E-state index in [-0.39, 0.29) is 5.91 Å². The second kappa shape index (κ2) is 4.18. The van der Waals surface area contributed by atoms with E-state index in [4.69, 9.17) is 0 Å². The van der Waals surface area contributed by atoms with Gasteiger partial charge < -0.3 is 14.6 Å². The number of carbonyl (C=O) groups excluding carboxylic acids is 1. The molecule has 1 fully saturated rings. The highest BCUT2D eigenvalue weighted by atomic mass is 16.3. The van der Waals surface area contributed by atoms with Gasteiger partial charge in [-0.05, 0) is 25.5 Å². The van der Waals surface area contributed by atoms with Crippen LogP contribution in [0.15, 0.2) is 12.1 Å². The zero-order valence-corrected chi connectivity index (χ0v) is 10.7. The highest BCUT2D eigenvalue weighted by Crippen LogP contribution is 2.27. The second-order valence-electron chi connectivity index (χ2n) is 5.05. The van der Waals surface area contributed by atoms with E-state index >= 15 is 0 Å². The Kier molecular flexibility index (Phi) is 3.00. The average Bonchev–Trinajstić information content (AvgIpc) is 2.56. The number of hydrogen-bond acceptors (Lipinski definition) is 2. The Hall–Kier alpha value is -1.29. The largest absolute Gasteiger partial charge is 0.386 e. The molecular weight excluding hydrogens is 216 g/mol. The van der Waals surface area contributed by atoms with Gasteiger partial charge in [-0.15, -0.1) is 0 Å². The van der Waals surface area contributed by atoms with Gasteiger partial charge in [0.2, 0.25) is 0 Å². The van der Waals surface area contributed by atoms with E-state index in [1.54, 1.807) is 4.90 Å². The SMILES string of the molecule is CCCC1(O)CN(C(=O)c2ccc(C)n2C)C1. The van der Waals surface area contributed by atoms with Crippen LogP contribution in [-0.4, -0.2) is 39.2 Å². The molecule has 0 radical (unpaired) electrons. The fourth-order valence-corrected chi connectivity index (χ4v) is 2.42. The molecule has 0 aromatic carbocycles. The molecule has 1 saturated heterocycles. The third kappa shape index (κ3) is 2.09. The number of β-amino-alcohol motifs (C(OH)–C–C–N with tert-alkyl or cyclic N) is 1. The zero-order chi connectivity index (χ0) is 12.6. The van der Waals surface area contributed by atoms with Gasteiger partial charge in [-0.3, -0.25) is 4.79 Å². The molecule has 1 aliphatic heterocycles. The van der Waals surface area contributed by atoms with Gasteiger partial charge in [0.1, 0.15) is 5.69 Å². The van der Waals surface area contributed by atoms with Gasteiger partial charge >= 0.3 is 0 Å². The van der Waals surface area contributed by atoms with E-state index in [1.807, 2.05) is 37.6 Å². The standard InChI is InChI=1S/C13H20N2O2/c1-4-7-13(17)8-15(9-13)12(16)11-6-5-10(2)14(11)3/h5-6,17H,4,7-9H2,1-3H3. The zero-order valence-electron chi connectivity index (χ0n) is 10.7. The van der Waals surface area contributed by atoms with E-state index in [2.05, 4.69) is 0 Å². The van der Waals surface area contributed by atoms with Gasteiger partial charge in [-0.25, -0.2) is 0 Å². The first-order valence-electron chi connectivity index (χ1n) is 6.11. The van der Waals surface area contributed by atoms with Crippen molar-refractivity contribution in [1.29, 1.82) is 0 Å². The molecule has 0 unspecified atom stereocenters. The Morgan fingerprint density at radius 2 is 2.12 bits per heavy atom. The summed E-state index contributed by atoms with van der Waals surface area (Å²) in [5.74, 6) is 0.0152. The molecule has 4 heteroatoms. The Morgan fingerprint density at radius 1 is 1.47 bits per heavy atom. The highest BCUT2D eigenvalue weighted by Gasteiger charge is 2.43. The lowest BCUT2D eigenvalue weighted by Gasteiger charge is -2.46. The number of aliphatic hydroxyl groups is 1. The number of hydrogen-bond donors (Lipinski definition) is 1. The smallest absolute Gasteiger partial charge is 0.270 e. The molecule has 4 nitrogen and oxygen atoms in total. The summed E-state index contributed by atoms with van der Waals surface area (Å²) < 4.78 is 1.89. The minimum atomic E-state index is -0.648. The topological polar surface area (TPSA) is 45.5 Å². The van der Waals surface area contributed by atoms with E-state index in [0.717, 1.165) is 18.5 Å². The van der Waals surface area contributed by atoms with Crippen molar-refractivity contribution >= 4 is 5.91 Å². The molecule has 0 aliphatic carbocycles. The normalized spacial score (nSPS) is 18.0. The van der Waals surface area contributed by atoms with Crippen LogP contribution in [0.1, 0.15) is 35.9 Å². The third-order valence-corrected chi connectivity index (χ3v) is 3.56. The highest BCUT2D eigenvalue weighted by molar-refractivity contribution is 5.93. The maximum atomic E-state index is 12.1. The first-order valence-corrected chi connectivity index (χ1v) is 6.11. The predicted octanol–water partition coefficient (Wildman–Crippen LogP) is 1.32. The summed E-state index contributed by atoms with van der Waals surface area (Å²) in [6.45, 7) is 4.94. The molecule has 1 N–H and O–H groups in total. The maximum absolute atomic E-state index is 12.1. The first-order chi connectivity index (χ1) is 7.97. The summed E-state index contributed by atoms with van der Waals surface area (Å²) in [5, 5.41) is 10.1. The monoisotopic (exact) mass is 236 g/mol. The van der Waals surface area contributed by atoms with Crippen LogP contribution in [0.5, 0.6) is 0 Å². The minimum absolute atomic E-state index is 0.0152. The number of likely N-dealkylation sites (tertiary alicyclic amines) is 1. The van der Waals surface area contributed by atoms with Crippen molar-refractivity contribution in [3.63, 3.8) is 0 Å². The fraction of sp³-hybridized carbons (Fsp3) is 0.615.